The number of urea groups is 1. The van der Waals surface area contributed by atoms with E-state index in [2.05, 4.69) is 9.60 Å². The van der Waals surface area contributed by atoms with Gasteiger partial charge in [0.2, 0.25) is 0 Å². The normalized spacial score (nSPS) is 10.8. The smallest absolute Gasteiger partial charge is 0.306 e. The lowest BCUT2D eigenvalue weighted by Gasteiger charge is -2.07. The van der Waals surface area contributed by atoms with Crippen LogP contribution in [-0.4, -0.2) is 14.4 Å². The van der Waals surface area contributed by atoms with Crippen LogP contribution in [0, 0.1) is 0 Å². The molecule has 6 nitrogen and oxygen atoms in total. The lowest BCUT2D eigenvalue weighted by atomic mass is 10.3. The van der Waals surface area contributed by atoms with E-state index in [-0.39, 0.29) is 4.90 Å². The summed E-state index contributed by atoms with van der Waals surface area (Å²) in [6.45, 7) is 0. The Morgan fingerprint density at radius 1 is 0.900 bits per heavy atom. The number of hydroxylamine groups is 1. The van der Waals surface area contributed by atoms with Gasteiger partial charge in [-0.3, -0.25) is 0 Å². The van der Waals surface area contributed by atoms with Crippen LogP contribution in [0.25, 0.3) is 0 Å². The molecule has 7 heteroatoms. The molecule has 0 bridgehead atoms. The summed E-state index contributed by atoms with van der Waals surface area (Å²) in [6, 6.07) is 15.3. The van der Waals surface area contributed by atoms with E-state index in [1.165, 1.54) is 12.1 Å². The van der Waals surface area contributed by atoms with Crippen LogP contribution in [0.5, 0.6) is 0 Å². The highest BCUT2D eigenvalue weighted by Gasteiger charge is 2.16. The first-order chi connectivity index (χ1) is 9.58. The van der Waals surface area contributed by atoms with Gasteiger partial charge >= 0.3 is 16.1 Å². The molecule has 0 fully saturated rings. The summed E-state index contributed by atoms with van der Waals surface area (Å²) >= 11 is 0. The minimum absolute atomic E-state index is 0.0417. The zero-order valence-corrected chi connectivity index (χ0v) is 11.1. The van der Waals surface area contributed by atoms with Crippen LogP contribution >= 0.6 is 0 Å². The molecule has 2 amide bonds. The molecule has 0 aliphatic rings. The van der Waals surface area contributed by atoms with E-state index in [1.807, 2.05) is 5.48 Å². The third-order valence-corrected chi connectivity index (χ3v) is 3.46. The fourth-order valence-corrected chi connectivity index (χ4v) is 2.18. The molecular weight excluding hydrogens is 280 g/mol. The van der Waals surface area contributed by atoms with Crippen molar-refractivity contribution in [2.75, 3.05) is 5.32 Å². The number of carbonyl (C=O) groups is 1. The minimum Gasteiger partial charge on any atom is -0.306 e. The molecule has 0 spiro atoms. The van der Waals surface area contributed by atoms with Gasteiger partial charge in [0.25, 0.3) is 0 Å². The number of benzene rings is 2. The highest BCUT2D eigenvalue weighted by Crippen LogP contribution is 2.10. The number of para-hydroxylation sites is 1. The molecule has 20 heavy (non-hydrogen) atoms. The van der Waals surface area contributed by atoms with Crippen LogP contribution < -0.4 is 10.8 Å². The fraction of sp³-hybridized carbons (Fsp3) is 0. The Labute approximate surface area is 116 Å². The van der Waals surface area contributed by atoms with Gasteiger partial charge in [-0.25, -0.2) is 4.79 Å². The van der Waals surface area contributed by atoms with Gasteiger partial charge in [0.15, 0.2) is 0 Å². The molecule has 104 valence electrons. The summed E-state index contributed by atoms with van der Waals surface area (Å²) in [5.41, 5.74) is 2.35. The summed E-state index contributed by atoms with van der Waals surface area (Å²) in [5, 5.41) is 2.43. The summed E-state index contributed by atoms with van der Waals surface area (Å²) in [7, 11) is -4.02. The molecule has 0 saturated heterocycles. The predicted octanol–water partition coefficient (Wildman–Crippen LogP) is 2.13. The fourth-order valence-electron chi connectivity index (χ4n) is 1.41. The number of amides is 2. The van der Waals surface area contributed by atoms with Crippen molar-refractivity contribution in [1.29, 1.82) is 0 Å². The second-order valence-corrected chi connectivity index (χ2v) is 5.32. The molecule has 0 unspecified atom stereocenters. The highest BCUT2D eigenvalue weighted by atomic mass is 32.2. The number of anilines is 1. The standard InChI is InChI=1S/C13H12N2O4S/c16-13(14-11-7-3-1-4-8-11)15-19-20(17,18)12-9-5-2-6-10-12/h1-10H,(H2,14,15,16). The maximum atomic E-state index is 11.7. The van der Waals surface area contributed by atoms with E-state index in [9.17, 15) is 13.2 Å². The molecule has 0 atom stereocenters. The van der Waals surface area contributed by atoms with Gasteiger partial charge in [0.1, 0.15) is 0 Å². The summed E-state index contributed by atoms with van der Waals surface area (Å²) in [5.74, 6) is 0. The van der Waals surface area contributed by atoms with E-state index in [4.69, 9.17) is 0 Å². The monoisotopic (exact) mass is 292 g/mol. The first-order valence-electron chi connectivity index (χ1n) is 5.68. The van der Waals surface area contributed by atoms with Crippen molar-refractivity contribution in [3.8, 4) is 0 Å². The van der Waals surface area contributed by atoms with Crippen molar-refractivity contribution in [3.63, 3.8) is 0 Å². The average molecular weight is 292 g/mol. The van der Waals surface area contributed by atoms with Gasteiger partial charge in [-0.2, -0.15) is 13.9 Å². The SMILES string of the molecule is O=C(NOS(=O)(=O)c1ccccc1)Nc1ccccc1. The zero-order valence-electron chi connectivity index (χ0n) is 10.3. The predicted molar refractivity (Wildman–Crippen MR) is 73.3 cm³/mol. The van der Waals surface area contributed by atoms with E-state index in [1.54, 1.807) is 48.5 Å². The van der Waals surface area contributed by atoms with Crippen LogP contribution in [0.2, 0.25) is 0 Å². The quantitative estimate of drug-likeness (QED) is 0.845. The van der Waals surface area contributed by atoms with Crippen molar-refractivity contribution < 1.29 is 17.5 Å². The molecule has 2 N–H and O–H groups in total. The van der Waals surface area contributed by atoms with Crippen LogP contribution in [0.15, 0.2) is 65.6 Å². The van der Waals surface area contributed by atoms with Crippen LogP contribution in [0.4, 0.5) is 10.5 Å². The van der Waals surface area contributed by atoms with E-state index in [0.717, 1.165) is 0 Å². The van der Waals surface area contributed by atoms with Gasteiger partial charge in [-0.15, -0.1) is 4.28 Å². The Hall–Kier alpha value is -2.38. The minimum atomic E-state index is -4.02. The Morgan fingerprint density at radius 3 is 2.05 bits per heavy atom. The van der Waals surface area contributed by atoms with E-state index in [0.29, 0.717) is 5.69 Å². The Kier molecular flexibility index (Phi) is 4.34. The third kappa shape index (κ3) is 3.81. The van der Waals surface area contributed by atoms with E-state index < -0.39 is 16.1 Å². The van der Waals surface area contributed by atoms with Gasteiger partial charge in [0.05, 0.1) is 4.90 Å². The second kappa shape index (κ2) is 6.18. The van der Waals surface area contributed by atoms with Crippen molar-refractivity contribution in [1.82, 2.24) is 5.48 Å². The maximum Gasteiger partial charge on any atom is 0.344 e. The first-order valence-corrected chi connectivity index (χ1v) is 7.09. The maximum absolute atomic E-state index is 11.7. The molecule has 2 aromatic carbocycles. The van der Waals surface area contributed by atoms with Crippen molar-refractivity contribution >= 4 is 21.8 Å². The van der Waals surface area contributed by atoms with Crippen molar-refractivity contribution in [3.05, 3.63) is 60.7 Å². The van der Waals surface area contributed by atoms with Gasteiger partial charge in [-0.05, 0) is 24.3 Å². The molecule has 2 rings (SSSR count). The number of nitrogens with one attached hydrogen (secondary N) is 2. The topological polar surface area (TPSA) is 84.5 Å². The third-order valence-electron chi connectivity index (χ3n) is 2.31. The number of hydrogen-bond acceptors (Lipinski definition) is 4. The Morgan fingerprint density at radius 2 is 1.45 bits per heavy atom. The molecular formula is C13H12N2O4S. The van der Waals surface area contributed by atoms with Crippen LogP contribution in [-0.2, 0) is 14.4 Å². The molecule has 2 aromatic rings. The lowest BCUT2D eigenvalue weighted by molar-refractivity contribution is 0.193. The van der Waals surface area contributed by atoms with Gasteiger partial charge in [-0.1, -0.05) is 36.4 Å². The molecule has 0 aliphatic heterocycles. The van der Waals surface area contributed by atoms with Crippen molar-refractivity contribution in [2.24, 2.45) is 0 Å². The first kappa shape index (κ1) is 14.0. The van der Waals surface area contributed by atoms with Crippen LogP contribution in [0.1, 0.15) is 0 Å². The number of rotatable bonds is 4. The molecule has 0 aromatic heterocycles. The van der Waals surface area contributed by atoms with E-state index >= 15 is 0 Å². The largest absolute Gasteiger partial charge is 0.344 e. The second-order valence-electron chi connectivity index (χ2n) is 3.77. The van der Waals surface area contributed by atoms with Gasteiger partial charge in [0, 0.05) is 5.69 Å². The number of carbonyl (C=O) groups excluding carboxylic acids is 1. The molecule has 0 radical (unpaired) electrons. The lowest BCUT2D eigenvalue weighted by Crippen LogP contribution is -2.31. The Bertz CT molecular complexity index is 672. The summed E-state index contributed by atoms with van der Waals surface area (Å²) in [4.78, 5) is 11.4. The van der Waals surface area contributed by atoms with Gasteiger partial charge < -0.3 is 5.32 Å². The van der Waals surface area contributed by atoms with Crippen LogP contribution in [0.3, 0.4) is 0 Å². The Balaban J connectivity index is 1.94. The average Bonchev–Trinajstić information content (AvgIpc) is 2.47. The summed E-state index contributed by atoms with van der Waals surface area (Å²) < 4.78 is 27.9. The highest BCUT2D eigenvalue weighted by molar-refractivity contribution is 7.86. The molecule has 0 heterocycles. The number of hydrogen-bond donors (Lipinski definition) is 2. The zero-order chi connectivity index (χ0) is 14.4. The summed E-state index contributed by atoms with van der Waals surface area (Å²) in [6.07, 6.45) is 0. The van der Waals surface area contributed by atoms with Crippen molar-refractivity contribution in [2.45, 2.75) is 4.90 Å². The molecule has 0 aliphatic carbocycles. The molecule has 0 saturated carbocycles.